The summed E-state index contributed by atoms with van der Waals surface area (Å²) in [4.78, 5) is 0.284. The van der Waals surface area contributed by atoms with E-state index >= 15 is 0 Å². The molecule has 0 fully saturated rings. The molecule has 0 amide bonds. The van der Waals surface area contributed by atoms with Gasteiger partial charge in [-0.1, -0.05) is 36.8 Å². The number of sulfonamides is 1. The van der Waals surface area contributed by atoms with E-state index in [0.717, 1.165) is 22.4 Å². The quantitative estimate of drug-likeness (QED) is 0.876. The molecule has 2 aromatic carbocycles. The average Bonchev–Trinajstić information content (AvgIpc) is 2.53. The summed E-state index contributed by atoms with van der Waals surface area (Å²) in [5, 5.41) is 0. The summed E-state index contributed by atoms with van der Waals surface area (Å²) in [6.07, 6.45) is 0.664. The van der Waals surface area contributed by atoms with Crippen LogP contribution in [0.15, 0.2) is 47.4 Å². The van der Waals surface area contributed by atoms with Crippen molar-refractivity contribution < 1.29 is 13.2 Å². The van der Waals surface area contributed by atoms with Crippen LogP contribution in [0.5, 0.6) is 5.75 Å². The molecule has 0 aliphatic carbocycles. The molecule has 2 rings (SSSR count). The summed E-state index contributed by atoms with van der Waals surface area (Å²) in [6.45, 7) is 5.84. The van der Waals surface area contributed by atoms with Crippen molar-refractivity contribution in [2.24, 2.45) is 0 Å². The van der Waals surface area contributed by atoms with Crippen LogP contribution in [0.4, 0.5) is 0 Å². The summed E-state index contributed by atoms with van der Waals surface area (Å²) >= 11 is 0. The van der Waals surface area contributed by atoms with E-state index < -0.39 is 10.0 Å². The van der Waals surface area contributed by atoms with Gasteiger partial charge in [0.2, 0.25) is 10.0 Å². The molecule has 2 aromatic rings. The molecule has 0 saturated carbocycles. The summed E-state index contributed by atoms with van der Waals surface area (Å²) in [7, 11) is -1.92. The molecular formula is C18H23NO3S. The van der Waals surface area contributed by atoms with Crippen LogP contribution in [0, 0.1) is 13.8 Å². The van der Waals surface area contributed by atoms with Crippen LogP contribution in [-0.4, -0.2) is 15.5 Å². The van der Waals surface area contributed by atoms with Crippen LogP contribution in [0.2, 0.25) is 0 Å². The normalized spacial score (nSPS) is 12.9. The van der Waals surface area contributed by atoms with E-state index in [1.165, 1.54) is 0 Å². The predicted molar refractivity (Wildman–Crippen MR) is 92.3 cm³/mol. The molecule has 0 saturated heterocycles. The molecule has 0 heterocycles. The van der Waals surface area contributed by atoms with E-state index in [2.05, 4.69) is 4.72 Å². The Labute approximate surface area is 138 Å². The van der Waals surface area contributed by atoms with Crippen molar-refractivity contribution in [3.63, 3.8) is 0 Å². The van der Waals surface area contributed by atoms with Gasteiger partial charge in [0.15, 0.2) is 0 Å². The smallest absolute Gasteiger partial charge is 0.241 e. The highest BCUT2D eigenvalue weighted by Crippen LogP contribution is 2.25. The Kier molecular flexibility index (Phi) is 5.44. The lowest BCUT2D eigenvalue weighted by Crippen LogP contribution is -2.28. The van der Waals surface area contributed by atoms with Gasteiger partial charge in [-0.05, 0) is 49.6 Å². The molecule has 0 aromatic heterocycles. The fourth-order valence-electron chi connectivity index (χ4n) is 2.48. The number of hydrogen-bond donors (Lipinski definition) is 1. The SMILES string of the molecule is CC[C@H](NS(=O)(=O)c1ccc(C)cc1)c1ccc(OC)c(C)c1. The summed E-state index contributed by atoms with van der Waals surface area (Å²) in [5.74, 6) is 0.796. The van der Waals surface area contributed by atoms with Crippen molar-refractivity contribution >= 4 is 10.0 Å². The van der Waals surface area contributed by atoms with Crippen molar-refractivity contribution in [3.05, 3.63) is 59.2 Å². The fraction of sp³-hybridized carbons (Fsp3) is 0.333. The van der Waals surface area contributed by atoms with Crippen LogP contribution in [0.3, 0.4) is 0 Å². The Morgan fingerprint density at radius 3 is 2.26 bits per heavy atom. The van der Waals surface area contributed by atoms with Crippen molar-refractivity contribution in [2.45, 2.75) is 38.1 Å². The van der Waals surface area contributed by atoms with Crippen molar-refractivity contribution in [1.82, 2.24) is 4.72 Å². The first kappa shape index (κ1) is 17.5. The first-order chi connectivity index (χ1) is 10.9. The third kappa shape index (κ3) is 4.12. The van der Waals surface area contributed by atoms with E-state index in [1.54, 1.807) is 31.4 Å². The Morgan fingerprint density at radius 2 is 1.74 bits per heavy atom. The molecule has 1 N–H and O–H groups in total. The van der Waals surface area contributed by atoms with Gasteiger partial charge >= 0.3 is 0 Å². The lowest BCUT2D eigenvalue weighted by atomic mass is 10.0. The molecule has 0 unspecified atom stereocenters. The van der Waals surface area contributed by atoms with Gasteiger partial charge in [-0.3, -0.25) is 0 Å². The Hall–Kier alpha value is -1.85. The topological polar surface area (TPSA) is 55.4 Å². The van der Waals surface area contributed by atoms with Crippen molar-refractivity contribution in [1.29, 1.82) is 0 Å². The maximum absolute atomic E-state index is 12.6. The third-order valence-electron chi connectivity index (χ3n) is 3.86. The van der Waals surface area contributed by atoms with Gasteiger partial charge in [-0.2, -0.15) is 0 Å². The highest BCUT2D eigenvalue weighted by molar-refractivity contribution is 7.89. The predicted octanol–water partition coefficient (Wildman–Crippen LogP) is 3.74. The summed E-state index contributed by atoms with van der Waals surface area (Å²) in [5.41, 5.74) is 2.95. The number of rotatable bonds is 6. The second kappa shape index (κ2) is 7.15. The number of hydrogen-bond acceptors (Lipinski definition) is 3. The van der Waals surface area contributed by atoms with Gasteiger partial charge < -0.3 is 4.74 Å². The van der Waals surface area contributed by atoms with Crippen LogP contribution in [0.25, 0.3) is 0 Å². The van der Waals surface area contributed by atoms with Gasteiger partial charge in [-0.15, -0.1) is 0 Å². The third-order valence-corrected chi connectivity index (χ3v) is 5.35. The average molecular weight is 333 g/mol. The molecule has 0 aliphatic rings. The van der Waals surface area contributed by atoms with E-state index in [-0.39, 0.29) is 10.9 Å². The Morgan fingerprint density at radius 1 is 1.09 bits per heavy atom. The maximum atomic E-state index is 12.6. The van der Waals surface area contributed by atoms with Crippen LogP contribution >= 0.6 is 0 Å². The molecular weight excluding hydrogens is 310 g/mol. The zero-order valence-corrected chi connectivity index (χ0v) is 14.8. The van der Waals surface area contributed by atoms with Gasteiger partial charge in [0.1, 0.15) is 5.75 Å². The number of methoxy groups -OCH3 is 1. The number of benzene rings is 2. The monoisotopic (exact) mass is 333 g/mol. The highest BCUT2D eigenvalue weighted by atomic mass is 32.2. The molecule has 0 bridgehead atoms. The van der Waals surface area contributed by atoms with Gasteiger partial charge in [0.05, 0.1) is 12.0 Å². The van der Waals surface area contributed by atoms with E-state index in [0.29, 0.717) is 6.42 Å². The first-order valence-electron chi connectivity index (χ1n) is 7.61. The van der Waals surface area contributed by atoms with E-state index in [9.17, 15) is 8.42 Å². The Balaban J connectivity index is 2.28. The zero-order valence-electron chi connectivity index (χ0n) is 14.0. The largest absolute Gasteiger partial charge is 0.496 e. The van der Waals surface area contributed by atoms with E-state index in [1.807, 2.05) is 39.0 Å². The summed E-state index contributed by atoms with van der Waals surface area (Å²) in [6, 6.07) is 12.3. The van der Waals surface area contributed by atoms with Crippen LogP contribution in [-0.2, 0) is 10.0 Å². The van der Waals surface area contributed by atoms with E-state index in [4.69, 9.17) is 4.74 Å². The first-order valence-corrected chi connectivity index (χ1v) is 9.09. The minimum absolute atomic E-state index is 0.272. The molecule has 1 atom stereocenters. The van der Waals surface area contributed by atoms with Crippen molar-refractivity contribution in [2.75, 3.05) is 7.11 Å². The minimum atomic E-state index is -3.55. The molecule has 124 valence electrons. The molecule has 0 spiro atoms. The second-order valence-corrected chi connectivity index (χ2v) is 7.34. The van der Waals surface area contributed by atoms with Crippen molar-refractivity contribution in [3.8, 4) is 5.75 Å². The van der Waals surface area contributed by atoms with Crippen LogP contribution < -0.4 is 9.46 Å². The fourth-order valence-corrected chi connectivity index (χ4v) is 3.79. The number of ether oxygens (including phenoxy) is 1. The highest BCUT2D eigenvalue weighted by Gasteiger charge is 2.20. The number of nitrogens with one attached hydrogen (secondary N) is 1. The molecule has 5 heteroatoms. The standard InChI is InChI=1S/C18H23NO3S/c1-5-17(15-8-11-18(22-4)14(3)12-15)19-23(20,21)16-9-6-13(2)7-10-16/h6-12,17,19H,5H2,1-4H3/t17-/m0/s1. The lowest BCUT2D eigenvalue weighted by molar-refractivity contribution is 0.411. The van der Waals surface area contributed by atoms with Crippen LogP contribution in [0.1, 0.15) is 36.1 Å². The summed E-state index contributed by atoms with van der Waals surface area (Å²) < 4.78 is 33.2. The minimum Gasteiger partial charge on any atom is -0.496 e. The Bertz CT molecular complexity index is 767. The molecule has 0 radical (unpaired) electrons. The molecule has 0 aliphatic heterocycles. The van der Waals surface area contributed by atoms with Gasteiger partial charge in [0.25, 0.3) is 0 Å². The van der Waals surface area contributed by atoms with Gasteiger partial charge in [0, 0.05) is 6.04 Å². The number of aryl methyl sites for hydroxylation is 2. The van der Waals surface area contributed by atoms with Gasteiger partial charge in [-0.25, -0.2) is 13.1 Å². The molecule has 4 nitrogen and oxygen atoms in total. The second-order valence-electron chi connectivity index (χ2n) is 5.62. The zero-order chi connectivity index (χ0) is 17.0. The lowest BCUT2D eigenvalue weighted by Gasteiger charge is -2.19. The maximum Gasteiger partial charge on any atom is 0.241 e. The molecule has 23 heavy (non-hydrogen) atoms.